The highest BCUT2D eigenvalue weighted by Crippen LogP contribution is 2.29. The van der Waals surface area contributed by atoms with Gasteiger partial charge >= 0.3 is 0 Å². The number of hydrogen-bond donors (Lipinski definition) is 5. The van der Waals surface area contributed by atoms with Gasteiger partial charge in [-0.3, -0.25) is 0 Å². The molecule has 4 aromatic carbocycles. The molecule has 4 rings (SSSR count). The van der Waals surface area contributed by atoms with Crippen molar-refractivity contribution in [3.05, 3.63) is 118 Å². The smallest absolute Gasteiger partial charge is 0.161 e. The second-order valence-corrected chi connectivity index (χ2v) is 13.6. The van der Waals surface area contributed by atoms with Crippen molar-refractivity contribution in [2.75, 3.05) is 26.9 Å². The van der Waals surface area contributed by atoms with Gasteiger partial charge in [0, 0.05) is 23.1 Å². The molecular formula is C44H67ClN4O4. The van der Waals surface area contributed by atoms with Gasteiger partial charge in [-0.1, -0.05) is 60.1 Å². The van der Waals surface area contributed by atoms with Crippen LogP contribution in [0.3, 0.4) is 0 Å². The molecule has 3 atom stereocenters. The summed E-state index contributed by atoms with van der Waals surface area (Å²) in [5.41, 5.74) is 27.3. The predicted octanol–water partition coefficient (Wildman–Crippen LogP) is 8.64. The molecule has 9 N–H and O–H groups in total. The minimum Gasteiger partial charge on any atom is -0.508 e. The highest BCUT2D eigenvalue weighted by molar-refractivity contribution is 6.30. The highest BCUT2D eigenvalue weighted by Gasteiger charge is 2.06. The number of aromatic hydroxyl groups is 1. The van der Waals surface area contributed by atoms with Gasteiger partial charge in [-0.2, -0.15) is 0 Å². The largest absolute Gasteiger partial charge is 0.508 e. The van der Waals surface area contributed by atoms with Gasteiger partial charge in [-0.15, -0.1) is 0 Å². The number of hydrogen-bond acceptors (Lipinski definition) is 8. The lowest BCUT2D eigenvalue weighted by molar-refractivity contribution is 0.287. The van der Waals surface area contributed by atoms with Crippen molar-refractivity contribution < 1.29 is 19.3 Å². The van der Waals surface area contributed by atoms with Gasteiger partial charge in [0.1, 0.15) is 11.5 Å². The quantitative estimate of drug-likeness (QED) is 0.0719. The first-order valence-electron chi connectivity index (χ1n) is 18.9. The Hall–Kier alpha value is -3.79. The number of halogens is 1. The summed E-state index contributed by atoms with van der Waals surface area (Å²) in [4.78, 5) is 0. The van der Waals surface area contributed by atoms with Gasteiger partial charge in [0.15, 0.2) is 11.5 Å². The van der Waals surface area contributed by atoms with E-state index in [1.54, 1.807) is 13.2 Å². The highest BCUT2D eigenvalue weighted by atomic mass is 35.5. The fourth-order valence-electron chi connectivity index (χ4n) is 4.89. The lowest BCUT2D eigenvalue weighted by Gasteiger charge is -2.12. The lowest BCUT2D eigenvalue weighted by Crippen LogP contribution is -2.15. The van der Waals surface area contributed by atoms with E-state index in [1.165, 1.54) is 16.7 Å². The second-order valence-electron chi connectivity index (χ2n) is 13.2. The first-order chi connectivity index (χ1) is 25.4. The van der Waals surface area contributed by atoms with Crippen LogP contribution in [0.25, 0.3) is 0 Å². The molecule has 4 aromatic rings. The number of phenolic OH excluding ortho intramolecular Hbond substituents is 1. The van der Waals surface area contributed by atoms with Crippen LogP contribution in [0, 0.1) is 0 Å². The van der Waals surface area contributed by atoms with Crippen LogP contribution in [0.5, 0.6) is 23.0 Å². The van der Waals surface area contributed by atoms with Crippen molar-refractivity contribution in [3.8, 4) is 23.0 Å². The summed E-state index contributed by atoms with van der Waals surface area (Å²) in [5, 5.41) is 10.2. The van der Waals surface area contributed by atoms with Crippen LogP contribution in [0.15, 0.2) is 91.0 Å². The number of ether oxygens (including phenoxy) is 3. The van der Waals surface area contributed by atoms with E-state index < -0.39 is 0 Å². The summed E-state index contributed by atoms with van der Waals surface area (Å²) >= 11 is 5.75. The predicted molar refractivity (Wildman–Crippen MR) is 225 cm³/mol. The van der Waals surface area contributed by atoms with Crippen molar-refractivity contribution in [1.82, 2.24) is 0 Å². The lowest BCUT2D eigenvalue weighted by atomic mass is 10.1. The Morgan fingerprint density at radius 2 is 1.11 bits per heavy atom. The number of phenols is 1. The third kappa shape index (κ3) is 22.8. The normalized spacial score (nSPS) is 12.0. The molecule has 0 aliphatic carbocycles. The summed E-state index contributed by atoms with van der Waals surface area (Å²) in [6.45, 7) is 12.0. The average Bonchev–Trinajstić information content (AvgIpc) is 3.14. The van der Waals surface area contributed by atoms with Crippen LogP contribution in [0.4, 0.5) is 0 Å². The second kappa shape index (κ2) is 28.7. The maximum Gasteiger partial charge on any atom is 0.161 e. The average molecular weight is 751 g/mol. The molecule has 0 fully saturated rings. The maximum atomic E-state index is 9.38. The van der Waals surface area contributed by atoms with Gasteiger partial charge in [-0.05, 0) is 157 Å². The number of para-hydroxylation sites is 1. The maximum absolute atomic E-state index is 9.38. The van der Waals surface area contributed by atoms with E-state index in [0.29, 0.717) is 19.0 Å². The minimum atomic E-state index is 0.199. The van der Waals surface area contributed by atoms with E-state index in [-0.39, 0.29) is 18.1 Å². The van der Waals surface area contributed by atoms with E-state index >= 15 is 0 Å². The third-order valence-corrected chi connectivity index (χ3v) is 8.24. The molecule has 0 spiro atoms. The van der Waals surface area contributed by atoms with Crippen LogP contribution in [0.2, 0.25) is 5.02 Å². The molecule has 0 radical (unpaired) electrons. The summed E-state index contributed by atoms with van der Waals surface area (Å²) in [7, 11) is 1.68. The third-order valence-electron chi connectivity index (χ3n) is 7.99. The van der Waals surface area contributed by atoms with Crippen molar-refractivity contribution in [3.63, 3.8) is 0 Å². The number of nitrogens with two attached hydrogens (primary N) is 4. The number of benzene rings is 4. The standard InChI is InChI=1S/C13H21NO2.C11H17NO.C10H14ClN.C10H15NO/c1-3-15-12-8-7-11(6-5-9-14)10-13(12)16-4-2;1-9(12)3-4-10-5-7-11(13-2)8-6-10;1-8(12)2-3-9-4-6-10(11)7-5-9;1-8(11)6-7-9-4-2-3-5-10(9)12/h7-8,10H,3-6,9,14H2,1-2H3;5-9H,3-4,12H2,1-2H3;4-8H,2-3,12H2,1H3;2-5,8,12H,6-7,11H2,1H3. The molecular weight excluding hydrogens is 684 g/mol. The Kier molecular flexibility index (Phi) is 25.6. The summed E-state index contributed by atoms with van der Waals surface area (Å²) in [6, 6.07) is 30.3. The molecule has 294 valence electrons. The molecule has 0 amide bonds. The van der Waals surface area contributed by atoms with Crippen molar-refractivity contribution in [2.24, 2.45) is 22.9 Å². The molecule has 0 bridgehead atoms. The van der Waals surface area contributed by atoms with E-state index in [0.717, 1.165) is 85.7 Å². The molecule has 8 nitrogen and oxygen atoms in total. The fourth-order valence-corrected chi connectivity index (χ4v) is 5.02. The molecule has 53 heavy (non-hydrogen) atoms. The van der Waals surface area contributed by atoms with Crippen molar-refractivity contribution in [1.29, 1.82) is 0 Å². The van der Waals surface area contributed by atoms with Crippen molar-refractivity contribution >= 4 is 11.6 Å². The Balaban J connectivity index is 0.000000356. The van der Waals surface area contributed by atoms with E-state index in [9.17, 15) is 5.11 Å². The molecule has 0 aliphatic rings. The Labute approximate surface area is 325 Å². The first kappa shape index (κ1) is 47.2. The molecule has 9 heteroatoms. The zero-order valence-corrected chi connectivity index (χ0v) is 33.8. The molecule has 0 aliphatic heterocycles. The van der Waals surface area contributed by atoms with Gasteiger partial charge in [-0.25, -0.2) is 0 Å². The van der Waals surface area contributed by atoms with Gasteiger partial charge < -0.3 is 42.3 Å². The number of rotatable bonds is 17. The van der Waals surface area contributed by atoms with Crippen molar-refractivity contribution in [2.45, 2.75) is 104 Å². The van der Waals surface area contributed by atoms with E-state index in [1.807, 2.05) is 101 Å². The van der Waals surface area contributed by atoms with Gasteiger partial charge in [0.05, 0.1) is 20.3 Å². The fraction of sp³-hybridized carbons (Fsp3) is 0.455. The summed E-state index contributed by atoms with van der Waals surface area (Å²) in [6.07, 6.45) is 7.90. The Bertz CT molecular complexity index is 1480. The number of aryl methyl sites for hydroxylation is 4. The minimum absolute atomic E-state index is 0.199. The monoisotopic (exact) mass is 750 g/mol. The number of methoxy groups -OCH3 is 1. The van der Waals surface area contributed by atoms with Crippen LogP contribution < -0.4 is 37.1 Å². The first-order valence-corrected chi connectivity index (χ1v) is 19.3. The topological polar surface area (TPSA) is 152 Å². The molecule has 0 aromatic heterocycles. The summed E-state index contributed by atoms with van der Waals surface area (Å²) in [5.74, 6) is 2.93. The van der Waals surface area contributed by atoms with E-state index in [2.05, 4.69) is 18.2 Å². The zero-order valence-electron chi connectivity index (χ0n) is 33.0. The summed E-state index contributed by atoms with van der Waals surface area (Å²) < 4.78 is 16.1. The molecule has 3 unspecified atom stereocenters. The van der Waals surface area contributed by atoms with E-state index in [4.69, 9.17) is 48.7 Å². The van der Waals surface area contributed by atoms with Crippen LogP contribution >= 0.6 is 11.6 Å². The van der Waals surface area contributed by atoms with Gasteiger partial charge in [0.2, 0.25) is 0 Å². The van der Waals surface area contributed by atoms with Crippen LogP contribution in [0.1, 0.15) is 82.6 Å². The van der Waals surface area contributed by atoms with Crippen LogP contribution in [-0.4, -0.2) is 50.1 Å². The molecule has 0 saturated carbocycles. The SMILES string of the molecule is CC(N)CCc1ccc(Cl)cc1.CC(N)CCc1ccccc1O.CCOc1ccc(CCCN)cc1OCC.COc1ccc(CCC(C)N)cc1. The van der Waals surface area contributed by atoms with Gasteiger partial charge in [0.25, 0.3) is 0 Å². The Morgan fingerprint density at radius 1 is 0.623 bits per heavy atom. The molecule has 0 saturated heterocycles. The molecule has 0 heterocycles. The Morgan fingerprint density at radius 3 is 1.60 bits per heavy atom. The zero-order chi connectivity index (χ0) is 39.4. The van der Waals surface area contributed by atoms with Crippen LogP contribution in [-0.2, 0) is 25.7 Å².